The van der Waals surface area contributed by atoms with Crippen molar-refractivity contribution in [3.8, 4) is 29.4 Å². The maximum absolute atomic E-state index is 12.6. The predicted molar refractivity (Wildman–Crippen MR) is 540 cm³/mol. The first-order chi connectivity index (χ1) is 67.7. The molecule has 2 unspecified atom stereocenters. The lowest BCUT2D eigenvalue weighted by molar-refractivity contribution is -0.101. The second-order valence-electron chi connectivity index (χ2n) is 36.0. The fourth-order valence-corrected chi connectivity index (χ4v) is 17.7. The van der Waals surface area contributed by atoms with Gasteiger partial charge in [0.2, 0.25) is 29.4 Å². The third-order valence-electron chi connectivity index (χ3n) is 25.6. The Morgan fingerprint density at radius 3 is 0.856 bits per heavy atom. The average Bonchev–Trinajstić information content (AvgIpc) is 1.16. The van der Waals surface area contributed by atoms with E-state index in [1.165, 1.54) is 77.0 Å². The molecule has 2 atom stereocenters. The van der Waals surface area contributed by atoms with Crippen LogP contribution in [0.15, 0.2) is 226 Å². The Labute approximate surface area is 808 Å². The lowest BCUT2D eigenvalue weighted by atomic mass is 10.1. The summed E-state index contributed by atoms with van der Waals surface area (Å²) in [5.74, 6) is 4.41. The highest BCUT2D eigenvalue weighted by molar-refractivity contribution is 6.09. The van der Waals surface area contributed by atoms with Crippen LogP contribution >= 0.6 is 0 Å². The highest BCUT2D eigenvalue weighted by Crippen LogP contribution is 2.37. The van der Waals surface area contributed by atoms with Gasteiger partial charge < -0.3 is 64.5 Å². The van der Waals surface area contributed by atoms with Crippen LogP contribution in [0, 0.1) is 79.1 Å². The van der Waals surface area contributed by atoms with E-state index >= 15 is 0 Å². The molecule has 714 valence electrons. The second-order valence-corrected chi connectivity index (χ2v) is 36.0. The molecule has 5 aromatic carbocycles. The van der Waals surface area contributed by atoms with Crippen LogP contribution in [0.25, 0.3) is 53.9 Å². The van der Waals surface area contributed by atoms with Gasteiger partial charge in [-0.15, -0.1) is 0 Å². The molecule has 2 saturated heterocycles. The standard InChI is InChI=1S/C23H25N3O2.C22H23N3O4.C22H23N3O3.2C22H23N3O2/c1-15-6-5-11-24-21(15)22(27)26-18-9-10-19-20(12-18)16(2)13-25-23(19)28-14-17-7-3-4-8-17;1-14-4-3-7-23-20(14)21(26)25-16-5-6-18-19(10-16)15(2)11-24-22(18)29-13-17-12-27-8-9-28-17;1-14-4-3-8-23-20(14)21(26)25-17-5-6-18-19(10-17)15(2)11-24-22(18)28-13-16-7-9-27-12-16;2*1-15-5-4-11-23-20(15)21(26)25-18-8-9-19-17(13-18)10-12-24-22(19)27-14-16-6-2-3-7-16/h5-6,9-13,17H,3-4,7-8,14H2,1-2H3,(H,26,27);3-7,10-11,17H,8-9,12-13H2,1-2H3,(H,25,26);3-6,8,10-11,16H,7,9,12-13H2,1-2H3,(H,25,26);2*4-5,8-13,16H,2-3,6-7,14H2,1H3,(H,25,26). The zero-order valence-electron chi connectivity index (χ0n) is 79.8. The molecule has 3 aliphatic carbocycles. The summed E-state index contributed by atoms with van der Waals surface area (Å²) in [7, 11) is 0. The zero-order valence-corrected chi connectivity index (χ0v) is 79.8. The fraction of sp³-hybridized carbons (Fsp3) is 0.324. The molecule has 5 fully saturated rings. The number of carbonyl (C=O) groups excluding carboxylic acids is 5. The van der Waals surface area contributed by atoms with E-state index in [0.29, 0.717) is 126 Å². The summed E-state index contributed by atoms with van der Waals surface area (Å²) in [6, 6.07) is 51.1. The number of hydrogen-bond acceptors (Lipinski definition) is 23. The van der Waals surface area contributed by atoms with E-state index in [1.54, 1.807) is 55.8 Å². The van der Waals surface area contributed by atoms with Gasteiger partial charge in [-0.3, -0.25) is 48.9 Å². The summed E-state index contributed by atoms with van der Waals surface area (Å²) in [5, 5.41) is 24.4. The van der Waals surface area contributed by atoms with E-state index in [4.69, 9.17) is 37.9 Å². The van der Waals surface area contributed by atoms with Gasteiger partial charge in [-0.25, -0.2) is 24.9 Å². The molecule has 3 saturated carbocycles. The van der Waals surface area contributed by atoms with E-state index in [9.17, 15) is 24.0 Å². The van der Waals surface area contributed by atoms with Gasteiger partial charge in [0.1, 0.15) is 41.2 Å². The van der Waals surface area contributed by atoms with E-state index in [2.05, 4.69) is 76.4 Å². The van der Waals surface area contributed by atoms with Gasteiger partial charge in [-0.1, -0.05) is 68.9 Å². The Morgan fingerprint density at radius 1 is 0.273 bits per heavy atom. The van der Waals surface area contributed by atoms with Gasteiger partial charge in [0.25, 0.3) is 29.5 Å². The summed E-state index contributed by atoms with van der Waals surface area (Å²) in [5.41, 5.74) is 13.0. The SMILES string of the molecule is Cc1cccnc1C(=O)Nc1ccc2c(OCC3CCCC3)ncc(C)c2c1.Cc1cccnc1C(=O)Nc1ccc2c(OCC3CCCC3)nccc2c1.Cc1cccnc1C(=O)Nc1ccc2c(OCC3CCCC3)nccc2c1.Cc1cccnc1C(=O)Nc1ccc2c(OCC3CCOC3)ncc(C)c2c1.Cc1cccnc1C(=O)Nc1ccc2c(OCC3COCCO3)ncc(C)c2c1. The average molecular weight is 1870 g/mol. The molecule has 0 bridgehead atoms. The number of amides is 5. The summed E-state index contributed by atoms with van der Waals surface area (Å²) < 4.78 is 46.4. The van der Waals surface area contributed by atoms with Crippen molar-refractivity contribution >= 4 is 112 Å². The highest BCUT2D eigenvalue weighted by Gasteiger charge is 2.26. The topological polar surface area (TPSA) is 348 Å². The molecule has 15 aromatic rings. The van der Waals surface area contributed by atoms with Gasteiger partial charge in [-0.05, 0) is 323 Å². The number of carbonyl (C=O) groups is 5. The number of nitrogens with one attached hydrogen (secondary N) is 5. The third-order valence-corrected chi connectivity index (χ3v) is 25.6. The van der Waals surface area contributed by atoms with Gasteiger partial charge in [0.05, 0.1) is 52.9 Å². The minimum atomic E-state index is -0.236. The fourth-order valence-electron chi connectivity index (χ4n) is 17.7. The number of rotatable bonds is 25. The minimum Gasteiger partial charge on any atom is -0.477 e. The van der Waals surface area contributed by atoms with E-state index in [-0.39, 0.29) is 35.6 Å². The molecular formula is C111H117N15O13. The minimum absolute atomic E-state index is 0.0953. The maximum atomic E-state index is 12.6. The second kappa shape index (κ2) is 47.3. The molecule has 28 heteroatoms. The normalized spacial score (nSPS) is 15.2. The Hall–Kier alpha value is -14.9. The number of hydrogen-bond donors (Lipinski definition) is 5. The molecule has 5 amide bonds. The zero-order chi connectivity index (χ0) is 96.5. The molecule has 10 aromatic heterocycles. The van der Waals surface area contributed by atoms with E-state index in [1.807, 2.05) is 225 Å². The van der Waals surface area contributed by atoms with Crippen molar-refractivity contribution in [3.63, 3.8) is 0 Å². The van der Waals surface area contributed by atoms with Crippen LogP contribution in [0.5, 0.6) is 29.4 Å². The predicted octanol–water partition coefficient (Wildman–Crippen LogP) is 21.8. The number of ether oxygens (including phenoxy) is 8. The molecule has 5 N–H and O–H groups in total. The Kier molecular flexibility index (Phi) is 33.1. The largest absolute Gasteiger partial charge is 0.477 e. The number of aryl methyl sites for hydroxylation is 8. The molecule has 0 spiro atoms. The smallest absolute Gasteiger partial charge is 0.274 e. The number of nitrogens with zero attached hydrogens (tertiary/aromatic N) is 10. The summed E-state index contributed by atoms with van der Waals surface area (Å²) >= 11 is 0. The van der Waals surface area contributed by atoms with Crippen molar-refractivity contribution in [1.82, 2.24) is 49.8 Å². The molecule has 139 heavy (non-hydrogen) atoms. The first-order valence-electron chi connectivity index (χ1n) is 47.8. The molecule has 28 nitrogen and oxygen atoms in total. The number of anilines is 5. The Balaban J connectivity index is 0.000000125. The molecule has 20 rings (SSSR count). The first kappa shape index (κ1) is 97.2. The van der Waals surface area contributed by atoms with Gasteiger partial charge in [0, 0.05) is 130 Å². The van der Waals surface area contributed by atoms with Crippen LogP contribution in [0.3, 0.4) is 0 Å². The number of aromatic nitrogens is 10. The monoisotopic (exact) mass is 1870 g/mol. The summed E-state index contributed by atoms with van der Waals surface area (Å²) in [6.07, 6.45) is 33.2. The molecular weight excluding hydrogens is 1750 g/mol. The van der Waals surface area contributed by atoms with E-state index < -0.39 is 0 Å². The lowest BCUT2D eigenvalue weighted by Gasteiger charge is -2.23. The lowest BCUT2D eigenvalue weighted by Crippen LogP contribution is -2.33. The molecule has 5 aliphatic rings. The Bertz CT molecular complexity index is 6550. The quantitative estimate of drug-likeness (QED) is 0.0355. The van der Waals surface area contributed by atoms with Crippen molar-refractivity contribution < 1.29 is 61.9 Å². The molecule has 0 radical (unpaired) electrons. The Morgan fingerprint density at radius 2 is 0.561 bits per heavy atom. The number of pyridine rings is 10. The number of fused-ring (bicyclic) bond motifs is 5. The van der Waals surface area contributed by atoms with Crippen molar-refractivity contribution in [3.05, 3.63) is 299 Å². The van der Waals surface area contributed by atoms with E-state index in [0.717, 1.165) is 155 Å². The van der Waals surface area contributed by atoms with Crippen molar-refractivity contribution in [2.75, 3.05) is 92.7 Å². The van der Waals surface area contributed by atoms with Crippen LogP contribution in [0.2, 0.25) is 0 Å². The molecule has 12 heterocycles. The van der Waals surface area contributed by atoms with Crippen LogP contribution in [0.1, 0.15) is 180 Å². The van der Waals surface area contributed by atoms with Crippen molar-refractivity contribution in [2.45, 2.75) is 145 Å². The van der Waals surface area contributed by atoms with Gasteiger partial charge in [-0.2, -0.15) is 0 Å². The summed E-state index contributed by atoms with van der Waals surface area (Å²) in [4.78, 5) is 106. The van der Waals surface area contributed by atoms with Crippen LogP contribution < -0.4 is 50.3 Å². The van der Waals surface area contributed by atoms with Gasteiger partial charge in [0.15, 0.2) is 0 Å². The third kappa shape index (κ3) is 25.7. The van der Waals surface area contributed by atoms with Gasteiger partial charge >= 0.3 is 0 Å². The highest BCUT2D eigenvalue weighted by atomic mass is 16.6. The van der Waals surface area contributed by atoms with Crippen molar-refractivity contribution in [1.29, 1.82) is 0 Å². The molecule has 2 aliphatic heterocycles. The summed E-state index contributed by atoms with van der Waals surface area (Å²) in [6.45, 7) is 21.8. The first-order valence-corrected chi connectivity index (χ1v) is 47.8. The van der Waals surface area contributed by atoms with Crippen molar-refractivity contribution in [2.24, 2.45) is 23.7 Å². The van der Waals surface area contributed by atoms with Crippen LogP contribution in [0.4, 0.5) is 28.4 Å². The van der Waals surface area contributed by atoms with Crippen LogP contribution in [-0.4, -0.2) is 152 Å². The number of benzene rings is 5. The van der Waals surface area contributed by atoms with Crippen LogP contribution in [-0.2, 0) is 14.2 Å². The maximum Gasteiger partial charge on any atom is 0.274 e.